The Kier molecular flexibility index (Phi) is 5.14. The second kappa shape index (κ2) is 6.66. The van der Waals surface area contributed by atoms with Gasteiger partial charge in [0, 0.05) is 14.8 Å². The molecular formula is C17H19ClOS. The summed E-state index contributed by atoms with van der Waals surface area (Å²) in [7, 11) is 0. The molecule has 0 aromatic heterocycles. The summed E-state index contributed by atoms with van der Waals surface area (Å²) in [6, 6.07) is 14.4. The molecule has 0 aliphatic heterocycles. The Balaban J connectivity index is 2.15. The Morgan fingerprint density at radius 2 is 1.55 bits per heavy atom. The van der Waals surface area contributed by atoms with Crippen molar-refractivity contribution in [2.45, 2.75) is 42.6 Å². The van der Waals surface area contributed by atoms with Gasteiger partial charge in [0.2, 0.25) is 0 Å². The Morgan fingerprint density at radius 1 is 0.950 bits per heavy atom. The zero-order valence-electron chi connectivity index (χ0n) is 11.9. The van der Waals surface area contributed by atoms with Crippen molar-refractivity contribution in [2.24, 2.45) is 0 Å². The molecule has 0 fully saturated rings. The van der Waals surface area contributed by atoms with Crippen LogP contribution in [0.2, 0.25) is 5.02 Å². The Hall–Kier alpha value is -0.960. The summed E-state index contributed by atoms with van der Waals surface area (Å²) in [5, 5.41) is 10.2. The first-order chi connectivity index (χ1) is 9.47. The Bertz CT molecular complexity index is 576. The molecule has 106 valence electrons. The highest BCUT2D eigenvalue weighted by Gasteiger charge is 2.08. The van der Waals surface area contributed by atoms with E-state index in [4.69, 9.17) is 11.6 Å². The van der Waals surface area contributed by atoms with E-state index in [9.17, 15) is 5.11 Å². The minimum atomic E-state index is -0.535. The van der Waals surface area contributed by atoms with Gasteiger partial charge in [-0.05, 0) is 48.2 Å². The number of hydrogen-bond acceptors (Lipinski definition) is 2. The Labute approximate surface area is 130 Å². The highest BCUT2D eigenvalue weighted by atomic mass is 35.5. The average Bonchev–Trinajstić information content (AvgIpc) is 2.39. The first kappa shape index (κ1) is 15.4. The van der Waals surface area contributed by atoms with Crippen LogP contribution in [-0.4, -0.2) is 5.11 Å². The van der Waals surface area contributed by atoms with Gasteiger partial charge in [-0.3, -0.25) is 0 Å². The molecule has 2 aromatic carbocycles. The predicted octanol–water partition coefficient (Wildman–Crippen LogP) is 5.67. The van der Waals surface area contributed by atoms with Crippen LogP contribution in [0.5, 0.6) is 0 Å². The van der Waals surface area contributed by atoms with Gasteiger partial charge >= 0.3 is 0 Å². The summed E-state index contributed by atoms with van der Waals surface area (Å²) in [5.74, 6) is 0.550. The lowest BCUT2D eigenvalue weighted by molar-refractivity contribution is 0.199. The largest absolute Gasteiger partial charge is 0.389 e. The topological polar surface area (TPSA) is 20.2 Å². The van der Waals surface area contributed by atoms with E-state index in [-0.39, 0.29) is 0 Å². The van der Waals surface area contributed by atoms with Crippen LogP contribution in [0.4, 0.5) is 0 Å². The molecule has 0 radical (unpaired) electrons. The second-order valence-corrected chi connectivity index (χ2v) is 6.74. The van der Waals surface area contributed by atoms with Gasteiger partial charge in [-0.15, -0.1) is 0 Å². The molecule has 3 heteroatoms. The maximum Gasteiger partial charge on any atom is 0.0776 e. The fourth-order valence-corrected chi connectivity index (χ4v) is 3.23. The van der Waals surface area contributed by atoms with Gasteiger partial charge in [-0.1, -0.05) is 55.4 Å². The molecule has 1 unspecified atom stereocenters. The molecule has 1 nitrogen and oxygen atoms in total. The van der Waals surface area contributed by atoms with E-state index in [0.717, 1.165) is 10.5 Å². The normalized spacial score (nSPS) is 12.7. The summed E-state index contributed by atoms with van der Waals surface area (Å²) >= 11 is 7.86. The SMILES string of the molecule is CC(C)c1ccc(Sc2ccc(C(C)O)c(Cl)c2)cc1. The summed E-state index contributed by atoms with van der Waals surface area (Å²) in [4.78, 5) is 2.27. The van der Waals surface area contributed by atoms with Crippen molar-refractivity contribution >= 4 is 23.4 Å². The van der Waals surface area contributed by atoms with Crippen LogP contribution in [0.3, 0.4) is 0 Å². The molecular weight excluding hydrogens is 288 g/mol. The van der Waals surface area contributed by atoms with Crippen LogP contribution in [-0.2, 0) is 0 Å². The van der Waals surface area contributed by atoms with Crippen molar-refractivity contribution in [1.29, 1.82) is 0 Å². The van der Waals surface area contributed by atoms with Gasteiger partial charge in [0.15, 0.2) is 0 Å². The quantitative estimate of drug-likeness (QED) is 0.785. The Morgan fingerprint density at radius 3 is 2.05 bits per heavy atom. The van der Waals surface area contributed by atoms with E-state index >= 15 is 0 Å². The molecule has 0 saturated heterocycles. The number of benzene rings is 2. The van der Waals surface area contributed by atoms with Gasteiger partial charge in [-0.25, -0.2) is 0 Å². The van der Waals surface area contributed by atoms with Crippen molar-refractivity contribution in [3.8, 4) is 0 Å². The third-order valence-corrected chi connectivity index (χ3v) is 4.53. The van der Waals surface area contributed by atoms with E-state index < -0.39 is 6.10 Å². The molecule has 0 aliphatic carbocycles. The lowest BCUT2D eigenvalue weighted by atomic mass is 10.0. The third-order valence-electron chi connectivity index (χ3n) is 3.20. The molecule has 0 saturated carbocycles. The first-order valence-corrected chi connectivity index (χ1v) is 7.92. The molecule has 0 spiro atoms. The number of aliphatic hydroxyl groups is 1. The third kappa shape index (κ3) is 3.78. The molecule has 0 bridgehead atoms. The standard InChI is InChI=1S/C17H19ClOS/c1-11(2)13-4-6-14(7-5-13)20-15-8-9-16(12(3)19)17(18)10-15/h4-12,19H,1-3H3. The first-order valence-electron chi connectivity index (χ1n) is 6.72. The molecule has 0 heterocycles. The van der Waals surface area contributed by atoms with Crippen LogP contribution in [0, 0.1) is 0 Å². The van der Waals surface area contributed by atoms with Crippen molar-refractivity contribution < 1.29 is 5.11 Å². The summed E-state index contributed by atoms with van der Waals surface area (Å²) < 4.78 is 0. The average molecular weight is 307 g/mol. The lowest BCUT2D eigenvalue weighted by Crippen LogP contribution is -1.92. The number of rotatable bonds is 4. The maximum absolute atomic E-state index is 9.58. The fourth-order valence-electron chi connectivity index (χ4n) is 1.97. The minimum Gasteiger partial charge on any atom is -0.389 e. The molecule has 2 rings (SSSR count). The van der Waals surface area contributed by atoms with Crippen molar-refractivity contribution in [2.75, 3.05) is 0 Å². The summed E-state index contributed by atoms with van der Waals surface area (Å²) in [6.07, 6.45) is -0.535. The van der Waals surface area contributed by atoms with Crippen LogP contribution in [0.25, 0.3) is 0 Å². The van der Waals surface area contributed by atoms with Crippen LogP contribution in [0.15, 0.2) is 52.3 Å². The van der Waals surface area contributed by atoms with Crippen LogP contribution >= 0.6 is 23.4 Å². The lowest BCUT2D eigenvalue weighted by Gasteiger charge is -2.10. The zero-order chi connectivity index (χ0) is 14.7. The maximum atomic E-state index is 9.58. The fraction of sp³-hybridized carbons (Fsp3) is 0.294. The molecule has 1 atom stereocenters. The van der Waals surface area contributed by atoms with Gasteiger partial charge in [0.25, 0.3) is 0 Å². The predicted molar refractivity (Wildman–Crippen MR) is 86.7 cm³/mol. The molecule has 2 aromatic rings. The van der Waals surface area contributed by atoms with E-state index in [1.54, 1.807) is 18.7 Å². The highest BCUT2D eigenvalue weighted by molar-refractivity contribution is 7.99. The van der Waals surface area contributed by atoms with Gasteiger partial charge < -0.3 is 5.11 Å². The number of aliphatic hydroxyl groups excluding tert-OH is 1. The second-order valence-electron chi connectivity index (χ2n) is 5.19. The smallest absolute Gasteiger partial charge is 0.0776 e. The van der Waals surface area contributed by atoms with E-state index in [1.807, 2.05) is 18.2 Å². The molecule has 1 N–H and O–H groups in total. The van der Waals surface area contributed by atoms with Gasteiger partial charge in [0.05, 0.1) is 6.10 Å². The van der Waals surface area contributed by atoms with Crippen molar-refractivity contribution in [3.05, 3.63) is 58.6 Å². The highest BCUT2D eigenvalue weighted by Crippen LogP contribution is 2.33. The summed E-state index contributed by atoms with van der Waals surface area (Å²) in [5.41, 5.74) is 2.11. The van der Waals surface area contributed by atoms with E-state index in [0.29, 0.717) is 10.9 Å². The van der Waals surface area contributed by atoms with Crippen LogP contribution < -0.4 is 0 Å². The molecule has 0 aliphatic rings. The zero-order valence-corrected chi connectivity index (χ0v) is 13.5. The van der Waals surface area contributed by atoms with E-state index in [2.05, 4.69) is 38.1 Å². The van der Waals surface area contributed by atoms with Gasteiger partial charge in [0.1, 0.15) is 0 Å². The van der Waals surface area contributed by atoms with E-state index in [1.165, 1.54) is 10.5 Å². The monoisotopic (exact) mass is 306 g/mol. The molecule has 20 heavy (non-hydrogen) atoms. The number of halogens is 1. The minimum absolute atomic E-state index is 0.535. The van der Waals surface area contributed by atoms with Crippen molar-refractivity contribution in [3.63, 3.8) is 0 Å². The molecule has 0 amide bonds. The van der Waals surface area contributed by atoms with Gasteiger partial charge in [-0.2, -0.15) is 0 Å². The number of hydrogen-bond donors (Lipinski definition) is 1. The van der Waals surface area contributed by atoms with Crippen molar-refractivity contribution in [1.82, 2.24) is 0 Å². The van der Waals surface area contributed by atoms with Crippen LogP contribution in [0.1, 0.15) is 43.9 Å². The summed E-state index contributed by atoms with van der Waals surface area (Å²) in [6.45, 7) is 6.10.